The highest BCUT2D eigenvalue weighted by Gasteiger charge is 2.39. The van der Waals surface area contributed by atoms with Crippen molar-refractivity contribution in [1.29, 1.82) is 0 Å². The SMILES string of the molecule is COC12C=C/C(=C(/C(=O)OCc3ccccn3)C(=O)CCCCCCCCC3(OC)C=C/C(=C(\C(=O)OCc4ccccn4)C(=O)CCCCCCCC1)O3)O2. The highest BCUT2D eigenvalue weighted by molar-refractivity contribution is 6.18. The largest absolute Gasteiger partial charge is 0.458 e. The van der Waals surface area contributed by atoms with Gasteiger partial charge in [-0.25, -0.2) is 9.59 Å². The molecule has 12 nitrogen and oxygen atoms in total. The summed E-state index contributed by atoms with van der Waals surface area (Å²) in [6, 6.07) is 10.7. The van der Waals surface area contributed by atoms with E-state index in [4.69, 9.17) is 28.4 Å². The molecule has 0 fully saturated rings. The lowest BCUT2D eigenvalue weighted by molar-refractivity contribution is -0.159. The zero-order valence-electron chi connectivity index (χ0n) is 32.6. The van der Waals surface area contributed by atoms with Crippen LogP contribution in [0.4, 0.5) is 0 Å². The Morgan fingerprint density at radius 3 is 1.36 bits per heavy atom. The first-order valence-corrected chi connectivity index (χ1v) is 19.8. The van der Waals surface area contributed by atoms with Crippen molar-refractivity contribution in [3.05, 3.63) is 107 Å². The summed E-state index contributed by atoms with van der Waals surface area (Å²) in [5.74, 6) is -4.07. The number of hydrogen-bond donors (Lipinski definition) is 0. The standard InChI is InChI=1S/C44H54N2O10/c1-51-43-25-15-9-5-3-7-12-22-36(48)40(42(50)54-32-34-20-14-18-30-46-34)38-24-28-44(52-2,56-38)26-16-10-6-4-8-11-21-35(47)39(37(55-43)23-27-43)41(49)53-31-33-19-13-17-29-45-33/h13-14,17-20,23-24,27-30H,3-12,15-16,21-22,25-26,31-32H2,1-2H3/b39-37-,40-38+. The van der Waals surface area contributed by atoms with E-state index in [0.717, 1.165) is 64.2 Å². The smallest absolute Gasteiger partial charge is 0.345 e. The summed E-state index contributed by atoms with van der Waals surface area (Å²) in [5, 5.41) is 0. The molecule has 0 spiro atoms. The maximum absolute atomic E-state index is 13.6. The van der Waals surface area contributed by atoms with Gasteiger partial charge in [0.1, 0.15) is 35.9 Å². The third-order valence-corrected chi connectivity index (χ3v) is 10.2. The number of nitrogens with zero attached hydrogens (tertiary/aromatic N) is 2. The van der Waals surface area contributed by atoms with Crippen molar-refractivity contribution < 1.29 is 47.6 Å². The quantitative estimate of drug-likeness (QED) is 0.189. The van der Waals surface area contributed by atoms with Gasteiger partial charge in [-0.1, -0.05) is 63.5 Å². The van der Waals surface area contributed by atoms with E-state index < -0.39 is 23.5 Å². The zero-order valence-corrected chi connectivity index (χ0v) is 32.6. The van der Waals surface area contributed by atoms with Gasteiger partial charge in [0.05, 0.1) is 11.4 Å². The third-order valence-electron chi connectivity index (χ3n) is 10.2. The van der Waals surface area contributed by atoms with Crippen LogP contribution in [0.25, 0.3) is 0 Å². The number of esters is 2. The number of hydrogen-bond acceptors (Lipinski definition) is 12. The number of methoxy groups -OCH3 is 2. The molecule has 3 aliphatic rings. The molecule has 2 aromatic heterocycles. The van der Waals surface area contributed by atoms with Crippen LogP contribution in [0, 0.1) is 0 Å². The minimum Gasteiger partial charge on any atom is -0.458 e. The van der Waals surface area contributed by atoms with Crippen molar-refractivity contribution >= 4 is 23.5 Å². The molecule has 0 aliphatic carbocycles. The zero-order chi connectivity index (χ0) is 39.6. The molecule has 3 aliphatic heterocycles. The molecule has 5 rings (SSSR count). The number of ketones is 2. The summed E-state index contributed by atoms with van der Waals surface area (Å²) >= 11 is 0. The lowest BCUT2D eigenvalue weighted by Crippen LogP contribution is -2.30. The van der Waals surface area contributed by atoms with Crippen molar-refractivity contribution in [3.63, 3.8) is 0 Å². The summed E-state index contributed by atoms with van der Waals surface area (Å²) in [4.78, 5) is 62.5. The lowest BCUT2D eigenvalue weighted by atomic mass is 10.0. The molecule has 5 heterocycles. The predicted octanol–water partition coefficient (Wildman–Crippen LogP) is 8.02. The second-order valence-corrected chi connectivity index (χ2v) is 14.3. The predicted molar refractivity (Wildman–Crippen MR) is 206 cm³/mol. The molecule has 0 saturated carbocycles. The average molecular weight is 771 g/mol. The fourth-order valence-electron chi connectivity index (χ4n) is 6.95. The van der Waals surface area contributed by atoms with Crippen molar-refractivity contribution in [2.45, 2.75) is 128 Å². The minimum atomic E-state index is -1.11. The summed E-state index contributed by atoms with van der Waals surface area (Å²) in [6.45, 7) is -0.139. The van der Waals surface area contributed by atoms with Gasteiger partial charge in [0.15, 0.2) is 11.6 Å². The number of carbonyl (C=O) groups excluding carboxylic acids is 4. The van der Waals surface area contributed by atoms with Gasteiger partial charge < -0.3 is 28.4 Å². The molecule has 4 bridgehead atoms. The third kappa shape index (κ3) is 12.0. The molecular formula is C44H54N2O10. The highest BCUT2D eigenvalue weighted by Crippen LogP contribution is 2.36. The maximum Gasteiger partial charge on any atom is 0.345 e. The lowest BCUT2D eigenvalue weighted by Gasteiger charge is -2.27. The molecule has 300 valence electrons. The van der Waals surface area contributed by atoms with E-state index in [0.29, 0.717) is 37.1 Å². The maximum atomic E-state index is 13.6. The first-order valence-electron chi connectivity index (χ1n) is 19.8. The monoisotopic (exact) mass is 770 g/mol. The van der Waals surface area contributed by atoms with Gasteiger partial charge in [-0.05, 0) is 74.3 Å². The fraction of sp³-hybridized carbons (Fsp3) is 0.500. The van der Waals surface area contributed by atoms with Crippen LogP contribution in [0.3, 0.4) is 0 Å². The number of fused-ring (bicyclic) bond motifs is 4. The Morgan fingerprint density at radius 2 is 0.982 bits per heavy atom. The first-order chi connectivity index (χ1) is 27.3. The van der Waals surface area contributed by atoms with E-state index in [1.165, 1.54) is 0 Å². The molecule has 0 N–H and O–H groups in total. The second kappa shape index (κ2) is 21.4. The van der Waals surface area contributed by atoms with Crippen molar-refractivity contribution in [3.8, 4) is 0 Å². The van der Waals surface area contributed by atoms with E-state index in [-0.39, 0.29) is 60.3 Å². The number of carbonyl (C=O) groups is 4. The Hall–Kier alpha value is -4.94. The van der Waals surface area contributed by atoms with Crippen LogP contribution in [0.5, 0.6) is 0 Å². The Balaban J connectivity index is 1.25. The van der Waals surface area contributed by atoms with Crippen LogP contribution in [0.15, 0.2) is 95.8 Å². The van der Waals surface area contributed by atoms with Gasteiger partial charge in [-0.3, -0.25) is 19.6 Å². The van der Waals surface area contributed by atoms with Crippen LogP contribution < -0.4 is 0 Å². The Bertz CT molecular complexity index is 1640. The Morgan fingerprint density at radius 1 is 0.589 bits per heavy atom. The van der Waals surface area contributed by atoms with E-state index in [9.17, 15) is 19.2 Å². The average Bonchev–Trinajstić information content (AvgIpc) is 3.84. The fourth-order valence-corrected chi connectivity index (χ4v) is 6.95. The highest BCUT2D eigenvalue weighted by atomic mass is 16.7. The molecule has 2 aromatic rings. The number of rotatable bonds is 8. The van der Waals surface area contributed by atoms with Crippen molar-refractivity contribution in [2.24, 2.45) is 0 Å². The number of pyridine rings is 2. The molecule has 0 radical (unpaired) electrons. The van der Waals surface area contributed by atoms with Crippen LogP contribution in [-0.4, -0.2) is 59.3 Å². The van der Waals surface area contributed by atoms with Gasteiger partial charge in [0.25, 0.3) is 0 Å². The van der Waals surface area contributed by atoms with Crippen LogP contribution in [-0.2, 0) is 60.8 Å². The molecule has 12 heteroatoms. The van der Waals surface area contributed by atoms with Gasteiger partial charge in [-0.15, -0.1) is 0 Å². The minimum absolute atomic E-state index is 0.0693. The first kappa shape index (κ1) is 42.2. The normalized spacial score (nSPS) is 26.0. The van der Waals surface area contributed by atoms with Crippen molar-refractivity contribution in [1.82, 2.24) is 9.97 Å². The molecule has 0 aromatic carbocycles. The van der Waals surface area contributed by atoms with Crippen LogP contribution in [0.2, 0.25) is 0 Å². The van der Waals surface area contributed by atoms with Gasteiger partial charge in [0.2, 0.25) is 11.6 Å². The molecule has 56 heavy (non-hydrogen) atoms. The van der Waals surface area contributed by atoms with E-state index in [2.05, 4.69) is 9.97 Å². The van der Waals surface area contributed by atoms with Crippen molar-refractivity contribution in [2.75, 3.05) is 14.2 Å². The number of Topliss-reactive ketones (excluding diaryl/α,β-unsaturated/α-hetero) is 2. The summed E-state index contributed by atoms with van der Waals surface area (Å²) in [6.07, 6.45) is 21.0. The molecule has 2 atom stereocenters. The Labute approximate surface area is 329 Å². The number of ether oxygens (including phenoxy) is 6. The van der Waals surface area contributed by atoms with Crippen LogP contribution in [0.1, 0.15) is 114 Å². The van der Waals surface area contributed by atoms with Crippen LogP contribution >= 0.6 is 0 Å². The topological polar surface area (TPSA) is 149 Å². The van der Waals surface area contributed by atoms with Gasteiger partial charge >= 0.3 is 11.9 Å². The van der Waals surface area contributed by atoms with E-state index in [1.807, 2.05) is 0 Å². The molecule has 2 unspecified atom stereocenters. The Kier molecular flexibility index (Phi) is 16.1. The second-order valence-electron chi connectivity index (χ2n) is 14.3. The molecule has 0 saturated heterocycles. The summed E-state index contributed by atoms with van der Waals surface area (Å²) < 4.78 is 35.2. The molecule has 0 amide bonds. The van der Waals surface area contributed by atoms with Gasteiger partial charge in [-0.2, -0.15) is 0 Å². The van der Waals surface area contributed by atoms with Gasteiger partial charge in [0, 0.05) is 52.3 Å². The number of aromatic nitrogens is 2. The van der Waals surface area contributed by atoms with E-state index in [1.54, 1.807) is 87.3 Å². The van der Waals surface area contributed by atoms with E-state index >= 15 is 0 Å². The summed E-state index contributed by atoms with van der Waals surface area (Å²) in [7, 11) is 3.09. The number of allylic oxidation sites excluding steroid dienone is 2. The summed E-state index contributed by atoms with van der Waals surface area (Å²) in [5.41, 5.74) is 0.918. The molecular weight excluding hydrogens is 716 g/mol.